The van der Waals surface area contributed by atoms with Crippen LogP contribution in [0.5, 0.6) is 0 Å². The van der Waals surface area contributed by atoms with E-state index in [0.29, 0.717) is 30.8 Å². The Morgan fingerprint density at radius 3 is 2.46 bits per heavy atom. The van der Waals surface area contributed by atoms with Crippen molar-refractivity contribution in [3.8, 4) is 0 Å². The van der Waals surface area contributed by atoms with Gasteiger partial charge in [-0.25, -0.2) is 0 Å². The first-order chi connectivity index (χ1) is 6.09. The van der Waals surface area contributed by atoms with Crippen molar-refractivity contribution in [2.45, 2.75) is 12.5 Å². The summed E-state index contributed by atoms with van der Waals surface area (Å²) in [5.74, 6) is -0.945. The van der Waals surface area contributed by atoms with E-state index >= 15 is 0 Å². The Balaban J connectivity index is 2.64. The van der Waals surface area contributed by atoms with Gasteiger partial charge in [0.2, 0.25) is 0 Å². The summed E-state index contributed by atoms with van der Waals surface area (Å²) >= 11 is 0.524. The normalized spacial score (nSPS) is 12.4. The molecule has 0 unspecified atom stereocenters. The molecular weight excluding hydrogens is 269 g/mol. The number of aliphatic carboxylic acids is 1. The number of hydrogen-bond acceptors (Lipinski definition) is 2. The number of carboxylic acids is 1. The standard InChI is InChI=1S/C9H10NO2.In.2H/c10-8(9(11)12)6-7-4-2-1-3-5-7;;;/h2-5,8H,6,10H2,(H,11,12);;;/t8-;;;/m0.../s1. The zero-order valence-electron chi connectivity index (χ0n) is 7.53. The predicted octanol–water partition coefficient (Wildman–Crippen LogP) is -1.10. The summed E-state index contributed by atoms with van der Waals surface area (Å²) < 4.78 is 1.37. The van der Waals surface area contributed by atoms with Crippen LogP contribution in [0.1, 0.15) is 5.56 Å². The number of nitrogens with two attached hydrogens (primary N) is 1. The molecule has 0 heterocycles. The van der Waals surface area contributed by atoms with Crippen molar-refractivity contribution in [2.24, 2.45) is 5.73 Å². The van der Waals surface area contributed by atoms with Gasteiger partial charge >= 0.3 is 91.6 Å². The number of carboxylic acid groups (broad SMARTS) is 1. The van der Waals surface area contributed by atoms with Gasteiger partial charge in [0.25, 0.3) is 0 Å². The van der Waals surface area contributed by atoms with E-state index in [1.807, 2.05) is 24.3 Å². The van der Waals surface area contributed by atoms with Gasteiger partial charge in [-0.1, -0.05) is 0 Å². The van der Waals surface area contributed by atoms with Gasteiger partial charge in [0.1, 0.15) is 0 Å². The van der Waals surface area contributed by atoms with E-state index in [9.17, 15) is 4.79 Å². The van der Waals surface area contributed by atoms with Crippen molar-refractivity contribution >= 4 is 33.7 Å². The number of rotatable bonds is 3. The first-order valence-corrected chi connectivity index (χ1v) is 6.99. The molecule has 0 bridgehead atoms. The Morgan fingerprint density at radius 2 is 2.00 bits per heavy atom. The molecule has 0 spiro atoms. The molecule has 0 fully saturated rings. The Kier molecular flexibility index (Phi) is 3.81. The molecule has 0 aliphatic heterocycles. The van der Waals surface area contributed by atoms with Crippen molar-refractivity contribution in [1.82, 2.24) is 0 Å². The van der Waals surface area contributed by atoms with E-state index in [4.69, 9.17) is 10.8 Å². The zero-order chi connectivity index (χ0) is 9.84. The van der Waals surface area contributed by atoms with Gasteiger partial charge in [0, 0.05) is 0 Å². The summed E-state index contributed by atoms with van der Waals surface area (Å²) in [7, 11) is 0. The second-order valence-electron chi connectivity index (χ2n) is 3.13. The second kappa shape index (κ2) is 4.67. The van der Waals surface area contributed by atoms with Crippen molar-refractivity contribution in [2.75, 3.05) is 0 Å². The van der Waals surface area contributed by atoms with Gasteiger partial charge < -0.3 is 0 Å². The molecule has 0 aliphatic carbocycles. The zero-order valence-corrected chi connectivity index (χ0v) is 13.2. The molecule has 1 aromatic rings. The molecular formula is C9H12InNO2. The summed E-state index contributed by atoms with van der Waals surface area (Å²) in [6.45, 7) is 0. The van der Waals surface area contributed by atoms with Crippen LogP contribution in [0, 0.1) is 0 Å². The topological polar surface area (TPSA) is 63.3 Å². The van der Waals surface area contributed by atoms with Crippen molar-refractivity contribution in [1.29, 1.82) is 0 Å². The third-order valence-electron chi connectivity index (χ3n) is 1.89. The van der Waals surface area contributed by atoms with Crippen LogP contribution < -0.4 is 9.05 Å². The molecule has 13 heavy (non-hydrogen) atoms. The molecule has 1 atom stereocenters. The minimum atomic E-state index is -0.945. The van der Waals surface area contributed by atoms with E-state index in [0.717, 1.165) is 5.56 Å². The van der Waals surface area contributed by atoms with Crippen LogP contribution in [0.4, 0.5) is 0 Å². The molecule has 4 heteroatoms. The van der Waals surface area contributed by atoms with Gasteiger partial charge in [-0.3, -0.25) is 0 Å². The van der Waals surface area contributed by atoms with Gasteiger partial charge in [-0.15, -0.1) is 0 Å². The molecule has 0 saturated heterocycles. The van der Waals surface area contributed by atoms with Crippen LogP contribution in [0.25, 0.3) is 0 Å². The Morgan fingerprint density at radius 1 is 1.46 bits per heavy atom. The molecule has 0 radical (unpaired) electrons. The summed E-state index contributed by atoms with van der Waals surface area (Å²) in [6, 6.07) is 7.20. The molecule has 1 aromatic carbocycles. The van der Waals surface area contributed by atoms with Crippen LogP contribution >= 0.6 is 0 Å². The maximum atomic E-state index is 10.5. The van der Waals surface area contributed by atoms with Crippen LogP contribution in [-0.4, -0.2) is 41.5 Å². The first kappa shape index (κ1) is 10.6. The van der Waals surface area contributed by atoms with Crippen LogP contribution in [0.3, 0.4) is 0 Å². The molecule has 68 valence electrons. The maximum absolute atomic E-state index is 10.5. The summed E-state index contributed by atoms with van der Waals surface area (Å²) in [5, 5.41) is 8.58. The van der Waals surface area contributed by atoms with Gasteiger partial charge in [0.05, 0.1) is 0 Å². The Labute approximate surface area is 91.5 Å². The van der Waals surface area contributed by atoms with Crippen molar-refractivity contribution < 1.29 is 9.90 Å². The fourth-order valence-corrected chi connectivity index (χ4v) is 2.02. The molecule has 3 N–H and O–H groups in total. The van der Waals surface area contributed by atoms with E-state index in [1.165, 1.54) is 3.32 Å². The Hall–Kier alpha value is -0.480. The van der Waals surface area contributed by atoms with Crippen molar-refractivity contribution in [3.63, 3.8) is 0 Å². The van der Waals surface area contributed by atoms with Crippen LogP contribution in [-0.2, 0) is 11.2 Å². The summed E-state index contributed by atoms with van der Waals surface area (Å²) in [6.07, 6.45) is 0.408. The second-order valence-corrected chi connectivity index (χ2v) is 6.43. The van der Waals surface area contributed by atoms with Crippen LogP contribution in [0.15, 0.2) is 24.3 Å². The number of benzene rings is 1. The van der Waals surface area contributed by atoms with Gasteiger partial charge in [-0.2, -0.15) is 0 Å². The monoisotopic (exact) mass is 281 g/mol. The van der Waals surface area contributed by atoms with E-state index in [1.54, 1.807) is 0 Å². The summed E-state index contributed by atoms with van der Waals surface area (Å²) in [5.41, 5.74) is 6.39. The first-order valence-electron chi connectivity index (χ1n) is 4.13. The van der Waals surface area contributed by atoms with E-state index in [-0.39, 0.29) is 0 Å². The fourth-order valence-electron chi connectivity index (χ4n) is 1.07. The molecule has 0 saturated carbocycles. The average molecular weight is 281 g/mol. The molecule has 0 amide bonds. The predicted molar refractivity (Wildman–Crippen MR) is 53.9 cm³/mol. The fraction of sp³-hybridized carbons (Fsp3) is 0.222. The molecule has 0 aliphatic rings. The number of carbonyl (C=O) groups is 1. The third kappa shape index (κ3) is 3.40. The third-order valence-corrected chi connectivity index (χ3v) is 3.80. The average Bonchev–Trinajstić information content (AvgIpc) is 2.08. The number of hydrogen-bond donors (Lipinski definition) is 2. The van der Waals surface area contributed by atoms with E-state index < -0.39 is 12.0 Å². The quantitative estimate of drug-likeness (QED) is 0.739. The minimum absolute atomic E-state index is 0.408. The molecule has 3 nitrogen and oxygen atoms in total. The molecule has 1 rings (SSSR count). The van der Waals surface area contributed by atoms with Crippen molar-refractivity contribution in [3.05, 3.63) is 29.8 Å². The van der Waals surface area contributed by atoms with E-state index in [2.05, 4.69) is 0 Å². The SMILES string of the molecule is N[C@@H](Cc1cc[c]([InH2])cc1)C(=O)O. The summed E-state index contributed by atoms with van der Waals surface area (Å²) in [4.78, 5) is 10.5. The molecule has 0 aromatic heterocycles. The van der Waals surface area contributed by atoms with Gasteiger partial charge in [0.15, 0.2) is 0 Å². The van der Waals surface area contributed by atoms with Gasteiger partial charge in [-0.05, 0) is 0 Å². The Bertz CT molecular complexity index is 297. The van der Waals surface area contributed by atoms with Crippen LogP contribution in [0.2, 0.25) is 0 Å².